The van der Waals surface area contributed by atoms with Crippen molar-refractivity contribution in [1.29, 1.82) is 0 Å². The Morgan fingerprint density at radius 2 is 2.18 bits per heavy atom. The fourth-order valence-corrected chi connectivity index (χ4v) is 1.46. The van der Waals surface area contributed by atoms with Crippen molar-refractivity contribution in [3.8, 4) is 0 Å². The highest BCUT2D eigenvalue weighted by Crippen LogP contribution is 2.19. The van der Waals surface area contributed by atoms with Crippen molar-refractivity contribution in [3.63, 3.8) is 0 Å². The smallest absolute Gasteiger partial charge is 0.121 e. The molecule has 0 aromatic carbocycles. The molecule has 0 N–H and O–H groups in total. The van der Waals surface area contributed by atoms with E-state index in [0.717, 1.165) is 6.42 Å². The van der Waals surface area contributed by atoms with Gasteiger partial charge >= 0.3 is 0 Å². The zero-order valence-corrected chi connectivity index (χ0v) is 7.71. The Balaban J connectivity index is 2.41. The fourth-order valence-electron chi connectivity index (χ4n) is 1.26. The summed E-state index contributed by atoms with van der Waals surface area (Å²) < 4.78 is 15.5. The average molecular weight is 178 g/mol. The van der Waals surface area contributed by atoms with Gasteiger partial charge in [-0.1, -0.05) is 0 Å². The molecule has 1 saturated heterocycles. The summed E-state index contributed by atoms with van der Waals surface area (Å²) in [6.07, 6.45) is 1.23. The van der Waals surface area contributed by atoms with Crippen molar-refractivity contribution in [2.24, 2.45) is 0 Å². The Morgan fingerprint density at radius 1 is 1.45 bits per heavy atom. The molecule has 4 heteroatoms. The third-order valence-electron chi connectivity index (χ3n) is 1.96. The molecule has 0 saturated carbocycles. The van der Waals surface area contributed by atoms with Crippen LogP contribution in [0.5, 0.6) is 0 Å². The molecule has 1 fully saturated rings. The molecule has 0 aliphatic carbocycles. The normalized spacial score (nSPS) is 39.0. The number of thiol groups is 1. The van der Waals surface area contributed by atoms with Gasteiger partial charge in [0, 0.05) is 13.5 Å². The highest BCUT2D eigenvalue weighted by molar-refractivity contribution is 7.75. The summed E-state index contributed by atoms with van der Waals surface area (Å²) in [7, 11) is 1.68. The number of ether oxygens (including phenoxy) is 2. The summed E-state index contributed by atoms with van der Waals surface area (Å²) in [6, 6.07) is 0. The monoisotopic (exact) mass is 178 g/mol. The zero-order valence-electron chi connectivity index (χ0n) is 6.82. The molecule has 1 aliphatic rings. The van der Waals surface area contributed by atoms with Crippen LogP contribution < -0.4 is 0 Å². The van der Waals surface area contributed by atoms with Crippen molar-refractivity contribution in [1.82, 2.24) is 0 Å². The molecule has 11 heavy (non-hydrogen) atoms. The van der Waals surface area contributed by atoms with Gasteiger partial charge in [0.1, 0.15) is 6.10 Å². The lowest BCUT2D eigenvalue weighted by Crippen LogP contribution is -2.41. The number of rotatable bonds is 2. The van der Waals surface area contributed by atoms with Gasteiger partial charge in [-0.25, -0.2) is 0 Å². The molecule has 0 amide bonds. The van der Waals surface area contributed by atoms with E-state index < -0.39 is 0 Å². The molecule has 3 unspecified atom stereocenters. The van der Waals surface area contributed by atoms with Crippen LogP contribution in [-0.2, 0) is 13.7 Å². The first-order valence-electron chi connectivity index (χ1n) is 3.72. The minimum atomic E-state index is -0.0282. The molecule has 0 spiro atoms. The molecule has 3 atom stereocenters. The van der Waals surface area contributed by atoms with Gasteiger partial charge in [-0.15, -0.1) is 0 Å². The van der Waals surface area contributed by atoms with Crippen LogP contribution >= 0.6 is 12.9 Å². The van der Waals surface area contributed by atoms with Crippen molar-refractivity contribution in [3.05, 3.63) is 0 Å². The lowest BCUT2D eigenvalue weighted by molar-refractivity contribution is -0.112. The molecule has 66 valence electrons. The Bertz CT molecular complexity index is 120. The first kappa shape index (κ1) is 9.32. The van der Waals surface area contributed by atoms with Gasteiger partial charge < -0.3 is 13.7 Å². The van der Waals surface area contributed by atoms with Gasteiger partial charge in [0.25, 0.3) is 0 Å². The van der Waals surface area contributed by atoms with Crippen LogP contribution in [0.2, 0.25) is 0 Å². The lowest BCUT2D eigenvalue weighted by Gasteiger charge is -2.32. The Hall–Kier alpha value is 0.230. The maximum atomic E-state index is 5.36. The second kappa shape index (κ2) is 4.30. The van der Waals surface area contributed by atoms with Crippen LogP contribution in [0, 0.1) is 0 Å². The second-order valence-corrected chi connectivity index (χ2v) is 3.01. The van der Waals surface area contributed by atoms with Crippen molar-refractivity contribution in [2.45, 2.75) is 31.7 Å². The van der Waals surface area contributed by atoms with Crippen LogP contribution in [0.3, 0.4) is 0 Å². The van der Waals surface area contributed by atoms with E-state index >= 15 is 0 Å². The largest absolute Gasteiger partial charge is 0.379 e. The first-order valence-corrected chi connectivity index (χ1v) is 4.09. The number of hydrogen-bond acceptors (Lipinski definition) is 4. The predicted molar refractivity (Wildman–Crippen MR) is 44.7 cm³/mol. The average Bonchev–Trinajstić information content (AvgIpc) is 2.04. The summed E-state index contributed by atoms with van der Waals surface area (Å²) in [6.45, 7) is 2.60. The van der Waals surface area contributed by atoms with Crippen molar-refractivity contribution >= 4 is 12.9 Å². The maximum Gasteiger partial charge on any atom is 0.121 e. The molecular formula is C7H14O3S. The van der Waals surface area contributed by atoms with Crippen LogP contribution in [0.25, 0.3) is 0 Å². The minimum absolute atomic E-state index is 0.0282. The highest BCUT2D eigenvalue weighted by atomic mass is 32.1. The van der Waals surface area contributed by atoms with Gasteiger partial charge in [0.05, 0.1) is 18.8 Å². The first-order chi connectivity index (χ1) is 5.27. The van der Waals surface area contributed by atoms with Gasteiger partial charge in [0.2, 0.25) is 0 Å². The third kappa shape index (κ3) is 2.33. The standard InChI is InChI=1S/C7H14O3S/c1-5-3-6(8-2)7(10-11)4-9-5/h5-7,11H,3-4H2,1-2H3. The van der Waals surface area contributed by atoms with Crippen molar-refractivity contribution < 1.29 is 13.7 Å². The quantitative estimate of drug-likeness (QED) is 0.506. The van der Waals surface area contributed by atoms with E-state index in [-0.39, 0.29) is 18.3 Å². The Kier molecular flexibility index (Phi) is 3.65. The van der Waals surface area contributed by atoms with E-state index in [0.29, 0.717) is 6.61 Å². The molecule has 0 bridgehead atoms. The summed E-state index contributed by atoms with van der Waals surface area (Å²) in [5.41, 5.74) is 0. The number of methoxy groups -OCH3 is 1. The van der Waals surface area contributed by atoms with Crippen molar-refractivity contribution in [2.75, 3.05) is 13.7 Å². The van der Waals surface area contributed by atoms with E-state index in [1.807, 2.05) is 6.92 Å². The second-order valence-electron chi connectivity index (χ2n) is 2.80. The predicted octanol–water partition coefficient (Wildman–Crippen LogP) is 1.04. The van der Waals surface area contributed by atoms with E-state index in [1.54, 1.807) is 7.11 Å². The third-order valence-corrected chi connectivity index (χ3v) is 2.23. The molecule has 1 aliphatic heterocycles. The van der Waals surface area contributed by atoms with Crippen LogP contribution in [0.1, 0.15) is 13.3 Å². The number of hydrogen-bond donors (Lipinski definition) is 1. The molecule has 3 nitrogen and oxygen atoms in total. The van der Waals surface area contributed by atoms with Crippen LogP contribution in [-0.4, -0.2) is 32.0 Å². The van der Waals surface area contributed by atoms with E-state index in [1.165, 1.54) is 0 Å². The summed E-state index contributed by atoms with van der Waals surface area (Å²) >= 11 is 3.75. The Morgan fingerprint density at radius 3 is 2.73 bits per heavy atom. The lowest BCUT2D eigenvalue weighted by atomic mass is 10.1. The molecular weight excluding hydrogens is 164 g/mol. The topological polar surface area (TPSA) is 27.7 Å². The zero-order chi connectivity index (χ0) is 8.27. The molecule has 1 heterocycles. The SMILES string of the molecule is COC1CC(C)OCC1OS. The minimum Gasteiger partial charge on any atom is -0.379 e. The summed E-state index contributed by atoms with van der Waals surface area (Å²) in [4.78, 5) is 0. The van der Waals surface area contributed by atoms with Gasteiger partial charge in [-0.05, 0) is 19.8 Å². The van der Waals surface area contributed by atoms with Gasteiger partial charge in [-0.3, -0.25) is 0 Å². The van der Waals surface area contributed by atoms with Gasteiger partial charge in [0.15, 0.2) is 0 Å². The highest BCUT2D eigenvalue weighted by Gasteiger charge is 2.29. The molecule has 0 aromatic heterocycles. The molecule has 1 rings (SSSR count). The molecule has 0 aromatic rings. The summed E-state index contributed by atoms with van der Waals surface area (Å²) in [5.74, 6) is 0. The van der Waals surface area contributed by atoms with Crippen LogP contribution in [0.15, 0.2) is 0 Å². The molecule has 0 radical (unpaired) electrons. The fraction of sp³-hybridized carbons (Fsp3) is 1.00. The van der Waals surface area contributed by atoms with E-state index in [9.17, 15) is 0 Å². The van der Waals surface area contributed by atoms with E-state index in [4.69, 9.17) is 13.7 Å². The maximum absolute atomic E-state index is 5.36. The van der Waals surface area contributed by atoms with Gasteiger partial charge in [-0.2, -0.15) is 0 Å². The van der Waals surface area contributed by atoms with Crippen LogP contribution in [0.4, 0.5) is 0 Å². The Labute approximate surface area is 72.6 Å². The summed E-state index contributed by atoms with van der Waals surface area (Å²) in [5, 5.41) is 0. The van der Waals surface area contributed by atoms with E-state index in [2.05, 4.69) is 12.9 Å².